The van der Waals surface area contributed by atoms with Gasteiger partial charge in [-0.2, -0.15) is 13.2 Å². The number of nitrogens with zero attached hydrogens (tertiary/aromatic N) is 3. The molecular weight excluding hydrogens is 389 g/mol. The molecule has 1 fully saturated rings. The highest BCUT2D eigenvalue weighted by Crippen LogP contribution is 2.32. The second-order valence-corrected chi connectivity index (χ2v) is 6.82. The molecule has 1 amide bonds. The lowest BCUT2D eigenvalue weighted by Crippen LogP contribution is -2.72. The number of carboxylic acid groups (broad SMARTS) is 1. The van der Waals surface area contributed by atoms with Gasteiger partial charge < -0.3 is 15.7 Å². The number of Topliss-reactive ketones (excluding diaryl/α,β-unsaturated/α-hetero) is 1. The van der Waals surface area contributed by atoms with E-state index >= 15 is 0 Å². The average Bonchev–Trinajstić information content (AvgIpc) is 2.67. The number of ketones is 1. The lowest BCUT2D eigenvalue weighted by molar-refractivity contribution is -0.137. The third-order valence-corrected chi connectivity index (χ3v) is 4.95. The van der Waals surface area contributed by atoms with Gasteiger partial charge in [-0.05, 0) is 31.2 Å². The molecule has 2 aromatic rings. The maximum absolute atomic E-state index is 12.9. The number of hydrogen-bond donors (Lipinski definition) is 2. The summed E-state index contributed by atoms with van der Waals surface area (Å²) in [6.07, 6.45) is -4.26. The van der Waals surface area contributed by atoms with Gasteiger partial charge in [0.2, 0.25) is 0 Å². The molecule has 1 atom stereocenters. The molecule has 0 saturated carbocycles. The summed E-state index contributed by atoms with van der Waals surface area (Å²) >= 11 is 0. The Morgan fingerprint density at radius 1 is 1.21 bits per heavy atom. The fraction of sp³-hybridized carbons (Fsp3) is 0.316. The molecule has 154 valence electrons. The summed E-state index contributed by atoms with van der Waals surface area (Å²) in [5.74, 6) is -0.488. The van der Waals surface area contributed by atoms with Crippen LogP contribution in [0.2, 0.25) is 0 Å². The molecule has 0 aliphatic carbocycles. The Labute approximate surface area is 164 Å². The number of halogens is 3. The van der Waals surface area contributed by atoms with E-state index in [0.29, 0.717) is 23.5 Å². The van der Waals surface area contributed by atoms with Gasteiger partial charge in [0.1, 0.15) is 0 Å². The molecule has 0 bridgehead atoms. The molecule has 1 unspecified atom stereocenters. The second kappa shape index (κ2) is 7.36. The SMILES string of the molecule is CC(=O)C1(N)CN(c2ccc(-c3cccc(C(F)(F)F)c3)nc2)CCN1C(=O)O. The van der Waals surface area contributed by atoms with Crippen LogP contribution in [-0.4, -0.2) is 52.2 Å². The Morgan fingerprint density at radius 2 is 1.93 bits per heavy atom. The Morgan fingerprint density at radius 3 is 2.48 bits per heavy atom. The third kappa shape index (κ3) is 4.02. The largest absolute Gasteiger partial charge is 0.465 e. The van der Waals surface area contributed by atoms with E-state index in [4.69, 9.17) is 5.73 Å². The van der Waals surface area contributed by atoms with Gasteiger partial charge in [0, 0.05) is 18.7 Å². The quantitative estimate of drug-likeness (QED) is 0.810. The number of pyridine rings is 1. The molecule has 7 nitrogen and oxygen atoms in total. The van der Waals surface area contributed by atoms with Crippen molar-refractivity contribution in [2.75, 3.05) is 24.5 Å². The topological polar surface area (TPSA) is 99.8 Å². The predicted octanol–water partition coefficient (Wildman–Crippen LogP) is 2.81. The van der Waals surface area contributed by atoms with Crippen LogP contribution in [0.5, 0.6) is 0 Å². The van der Waals surface area contributed by atoms with Gasteiger partial charge in [0.25, 0.3) is 0 Å². The van der Waals surface area contributed by atoms with Gasteiger partial charge in [0.05, 0.1) is 29.7 Å². The number of nitrogens with two attached hydrogens (primary N) is 1. The van der Waals surface area contributed by atoms with Gasteiger partial charge in [-0.1, -0.05) is 12.1 Å². The number of hydrogen-bond acceptors (Lipinski definition) is 5. The van der Waals surface area contributed by atoms with E-state index in [0.717, 1.165) is 17.0 Å². The van der Waals surface area contributed by atoms with Gasteiger partial charge in [-0.15, -0.1) is 0 Å². The minimum atomic E-state index is -4.45. The number of piperazine rings is 1. The first-order valence-electron chi connectivity index (χ1n) is 8.71. The lowest BCUT2D eigenvalue weighted by atomic mass is 10.0. The fourth-order valence-corrected chi connectivity index (χ4v) is 3.26. The fourth-order valence-electron chi connectivity index (χ4n) is 3.26. The van der Waals surface area contributed by atoms with Crippen molar-refractivity contribution in [3.63, 3.8) is 0 Å². The summed E-state index contributed by atoms with van der Waals surface area (Å²) in [5.41, 5.74) is 4.89. The van der Waals surface area contributed by atoms with E-state index in [9.17, 15) is 27.9 Å². The molecule has 2 heterocycles. The molecule has 3 N–H and O–H groups in total. The first-order chi connectivity index (χ1) is 13.5. The zero-order valence-corrected chi connectivity index (χ0v) is 15.5. The van der Waals surface area contributed by atoms with Crippen molar-refractivity contribution in [1.82, 2.24) is 9.88 Å². The van der Waals surface area contributed by atoms with E-state index in [1.807, 2.05) is 0 Å². The molecule has 29 heavy (non-hydrogen) atoms. The standard InChI is InChI=1S/C19H19F3N4O3/c1-12(27)18(23)11-25(7-8-26(18)17(28)29)15-5-6-16(24-10-15)13-3-2-4-14(9-13)19(20,21)22/h2-6,9-10H,7-8,11,23H2,1H3,(H,28,29). The number of rotatable bonds is 3. The van der Waals surface area contributed by atoms with Crippen molar-refractivity contribution in [2.45, 2.75) is 18.8 Å². The van der Waals surface area contributed by atoms with Crippen LogP contribution in [0, 0.1) is 0 Å². The van der Waals surface area contributed by atoms with Crippen molar-refractivity contribution in [3.8, 4) is 11.3 Å². The number of anilines is 1. The first kappa shape index (κ1) is 20.6. The molecule has 1 saturated heterocycles. The first-order valence-corrected chi connectivity index (χ1v) is 8.71. The number of benzene rings is 1. The summed E-state index contributed by atoms with van der Waals surface area (Å²) < 4.78 is 38.7. The van der Waals surface area contributed by atoms with Crippen molar-refractivity contribution >= 4 is 17.6 Å². The van der Waals surface area contributed by atoms with Crippen LogP contribution < -0.4 is 10.6 Å². The summed E-state index contributed by atoms with van der Waals surface area (Å²) in [5, 5.41) is 9.30. The van der Waals surface area contributed by atoms with Crippen LogP contribution in [0.25, 0.3) is 11.3 Å². The van der Waals surface area contributed by atoms with E-state index in [1.165, 1.54) is 25.3 Å². The summed E-state index contributed by atoms with van der Waals surface area (Å²) in [6.45, 7) is 1.50. The predicted molar refractivity (Wildman–Crippen MR) is 99.2 cm³/mol. The summed E-state index contributed by atoms with van der Waals surface area (Å²) in [4.78, 5) is 30.3. The molecule has 10 heteroatoms. The highest BCUT2D eigenvalue weighted by Gasteiger charge is 2.45. The van der Waals surface area contributed by atoms with E-state index in [-0.39, 0.29) is 13.1 Å². The molecule has 0 radical (unpaired) electrons. The molecular formula is C19H19F3N4O3. The molecule has 1 aromatic carbocycles. The van der Waals surface area contributed by atoms with E-state index < -0.39 is 29.3 Å². The van der Waals surface area contributed by atoms with E-state index in [1.54, 1.807) is 17.0 Å². The molecule has 1 aromatic heterocycles. The van der Waals surface area contributed by atoms with Crippen molar-refractivity contribution in [3.05, 3.63) is 48.2 Å². The smallest absolute Gasteiger partial charge is 0.416 e. The minimum absolute atomic E-state index is 0.0286. The number of carbonyl (C=O) groups excluding carboxylic acids is 1. The zero-order chi connectivity index (χ0) is 21.4. The number of amides is 1. The minimum Gasteiger partial charge on any atom is -0.465 e. The van der Waals surface area contributed by atoms with Gasteiger partial charge >= 0.3 is 12.3 Å². The second-order valence-electron chi connectivity index (χ2n) is 6.82. The van der Waals surface area contributed by atoms with Crippen molar-refractivity contribution in [2.24, 2.45) is 5.73 Å². The van der Waals surface area contributed by atoms with Crippen LogP contribution in [0.3, 0.4) is 0 Å². The Balaban J connectivity index is 1.84. The maximum Gasteiger partial charge on any atom is 0.416 e. The Hall–Kier alpha value is -3.14. The van der Waals surface area contributed by atoms with Crippen molar-refractivity contribution < 1.29 is 27.9 Å². The average molecular weight is 408 g/mol. The lowest BCUT2D eigenvalue weighted by Gasteiger charge is -2.46. The van der Waals surface area contributed by atoms with Crippen LogP contribution >= 0.6 is 0 Å². The van der Waals surface area contributed by atoms with Gasteiger partial charge in [0.15, 0.2) is 11.4 Å². The van der Waals surface area contributed by atoms with Gasteiger partial charge in [-0.25, -0.2) is 4.79 Å². The zero-order valence-electron chi connectivity index (χ0n) is 15.5. The third-order valence-electron chi connectivity index (χ3n) is 4.95. The van der Waals surface area contributed by atoms with Crippen LogP contribution in [0.1, 0.15) is 12.5 Å². The van der Waals surface area contributed by atoms with Crippen LogP contribution in [-0.2, 0) is 11.0 Å². The molecule has 1 aliphatic heterocycles. The number of carbonyl (C=O) groups is 2. The van der Waals surface area contributed by atoms with Crippen molar-refractivity contribution in [1.29, 1.82) is 0 Å². The highest BCUT2D eigenvalue weighted by molar-refractivity contribution is 5.90. The summed E-state index contributed by atoms with van der Waals surface area (Å²) in [6, 6.07) is 8.08. The maximum atomic E-state index is 12.9. The normalized spacial score (nSPS) is 19.9. The summed E-state index contributed by atoms with van der Waals surface area (Å²) in [7, 11) is 0. The Kier molecular flexibility index (Phi) is 5.22. The van der Waals surface area contributed by atoms with Crippen LogP contribution in [0.4, 0.5) is 23.7 Å². The number of alkyl halides is 3. The number of aromatic nitrogens is 1. The molecule has 3 rings (SSSR count). The van der Waals surface area contributed by atoms with Gasteiger partial charge in [-0.3, -0.25) is 14.7 Å². The van der Waals surface area contributed by atoms with E-state index in [2.05, 4.69) is 4.98 Å². The Bertz CT molecular complexity index is 933. The molecule has 0 spiro atoms. The van der Waals surface area contributed by atoms with Crippen LogP contribution in [0.15, 0.2) is 42.6 Å². The highest BCUT2D eigenvalue weighted by atomic mass is 19.4. The monoisotopic (exact) mass is 408 g/mol. The molecule has 1 aliphatic rings.